The lowest BCUT2D eigenvalue weighted by Gasteiger charge is -2.32. The Bertz CT molecular complexity index is 233. The second-order valence-corrected chi connectivity index (χ2v) is 4.22. The van der Waals surface area contributed by atoms with E-state index in [1.54, 1.807) is 6.08 Å². The molecule has 3 N–H and O–H groups in total. The molecule has 0 amide bonds. The molecule has 2 unspecified atom stereocenters. The molecular weight excluding hydrogens is 186 g/mol. The van der Waals surface area contributed by atoms with Crippen LogP contribution in [0.25, 0.3) is 0 Å². The van der Waals surface area contributed by atoms with Gasteiger partial charge in [-0.3, -0.25) is 0 Å². The third kappa shape index (κ3) is 4.52. The van der Waals surface area contributed by atoms with E-state index in [0.717, 1.165) is 19.3 Å². The van der Waals surface area contributed by atoms with Crippen LogP contribution < -0.4 is 5.73 Å². The Morgan fingerprint density at radius 1 is 1.47 bits per heavy atom. The average Bonchev–Trinajstić information content (AvgIpc) is 2.18. The van der Waals surface area contributed by atoms with Crippen molar-refractivity contribution in [3.05, 3.63) is 24.0 Å². The Hall–Kier alpha value is -0.760. The fraction of sp³-hybridized carbons (Fsp3) is 0.692. The fourth-order valence-electron chi connectivity index (χ4n) is 1.84. The van der Waals surface area contributed by atoms with Crippen LogP contribution in [0.15, 0.2) is 24.0 Å². The summed E-state index contributed by atoms with van der Waals surface area (Å²) in [5.41, 5.74) is 6.13. The summed E-state index contributed by atoms with van der Waals surface area (Å²) in [4.78, 5) is 0. The summed E-state index contributed by atoms with van der Waals surface area (Å²) < 4.78 is 0. The lowest BCUT2D eigenvalue weighted by Crippen LogP contribution is -2.44. The van der Waals surface area contributed by atoms with Crippen LogP contribution in [0.5, 0.6) is 0 Å². The normalized spacial score (nSPS) is 19.1. The van der Waals surface area contributed by atoms with Gasteiger partial charge in [-0.05, 0) is 37.8 Å². The van der Waals surface area contributed by atoms with Gasteiger partial charge in [-0.2, -0.15) is 0 Å². The van der Waals surface area contributed by atoms with E-state index in [0.29, 0.717) is 5.76 Å². The molecule has 0 fully saturated rings. The molecular formula is C13H25NO. The van der Waals surface area contributed by atoms with Crippen LogP contribution in [0.3, 0.4) is 0 Å². The smallest absolute Gasteiger partial charge is 0.111 e. The molecule has 15 heavy (non-hydrogen) atoms. The van der Waals surface area contributed by atoms with Crippen LogP contribution in [0.2, 0.25) is 0 Å². The van der Waals surface area contributed by atoms with Crippen molar-refractivity contribution in [2.45, 2.75) is 52.5 Å². The van der Waals surface area contributed by atoms with E-state index in [4.69, 9.17) is 5.73 Å². The highest BCUT2D eigenvalue weighted by Crippen LogP contribution is 2.25. The van der Waals surface area contributed by atoms with Gasteiger partial charge in [0, 0.05) is 5.54 Å². The minimum absolute atomic E-state index is 0.190. The highest BCUT2D eigenvalue weighted by Gasteiger charge is 2.27. The van der Waals surface area contributed by atoms with Crippen molar-refractivity contribution in [1.82, 2.24) is 0 Å². The Morgan fingerprint density at radius 2 is 2.07 bits per heavy atom. The predicted octanol–water partition coefficient (Wildman–Crippen LogP) is 3.55. The zero-order valence-corrected chi connectivity index (χ0v) is 10.5. The highest BCUT2D eigenvalue weighted by atomic mass is 16.3. The molecule has 0 aromatic heterocycles. The number of rotatable bonds is 6. The molecule has 0 aromatic rings. The van der Waals surface area contributed by atoms with Gasteiger partial charge in [0.2, 0.25) is 0 Å². The summed E-state index contributed by atoms with van der Waals surface area (Å²) in [7, 11) is 0. The number of hydrogen-bond acceptors (Lipinski definition) is 2. The lowest BCUT2D eigenvalue weighted by molar-refractivity contribution is 0.292. The van der Waals surface area contributed by atoms with Crippen molar-refractivity contribution in [2.75, 3.05) is 0 Å². The standard InChI is InChI=1S/C13H25NO/c1-5-8-12(15)10-11(4)13(14,7-3)9-6-2/h5,8,10-11,15H,6-7,9,14H2,1-4H3/b8-5-,12-10+. The Balaban J connectivity index is 4.64. The molecule has 0 aromatic carbocycles. The Kier molecular flexibility index (Phi) is 6.34. The SMILES string of the molecule is C/C=C\C(O)=C/C(C)C(N)(CC)CCC. The molecule has 0 spiro atoms. The second kappa shape index (κ2) is 6.67. The first-order valence-electron chi connectivity index (χ1n) is 5.82. The van der Waals surface area contributed by atoms with Crippen LogP contribution >= 0.6 is 0 Å². The van der Waals surface area contributed by atoms with Gasteiger partial charge in [-0.25, -0.2) is 0 Å². The zero-order chi connectivity index (χ0) is 11.9. The summed E-state index contributed by atoms with van der Waals surface area (Å²) in [6.07, 6.45) is 8.36. The zero-order valence-electron chi connectivity index (χ0n) is 10.5. The van der Waals surface area contributed by atoms with E-state index in [9.17, 15) is 5.11 Å². The third-order valence-electron chi connectivity index (χ3n) is 3.04. The van der Waals surface area contributed by atoms with Gasteiger partial charge < -0.3 is 10.8 Å². The summed E-state index contributed by atoms with van der Waals surface area (Å²) in [6.45, 7) is 8.20. The van der Waals surface area contributed by atoms with Gasteiger partial charge in [0.05, 0.1) is 0 Å². The van der Waals surface area contributed by atoms with Gasteiger partial charge in [-0.1, -0.05) is 33.3 Å². The number of nitrogens with two attached hydrogens (primary N) is 1. The van der Waals surface area contributed by atoms with Crippen molar-refractivity contribution in [3.63, 3.8) is 0 Å². The predicted molar refractivity (Wildman–Crippen MR) is 66.8 cm³/mol. The van der Waals surface area contributed by atoms with Gasteiger partial charge >= 0.3 is 0 Å². The van der Waals surface area contributed by atoms with E-state index in [1.165, 1.54) is 0 Å². The molecule has 2 nitrogen and oxygen atoms in total. The van der Waals surface area contributed by atoms with Gasteiger partial charge in [-0.15, -0.1) is 0 Å². The Morgan fingerprint density at radius 3 is 2.47 bits per heavy atom. The van der Waals surface area contributed by atoms with Crippen molar-refractivity contribution in [1.29, 1.82) is 0 Å². The van der Waals surface area contributed by atoms with Crippen molar-refractivity contribution >= 4 is 0 Å². The van der Waals surface area contributed by atoms with Crippen LogP contribution in [-0.4, -0.2) is 10.6 Å². The van der Waals surface area contributed by atoms with E-state index in [-0.39, 0.29) is 11.5 Å². The molecule has 0 aliphatic rings. The monoisotopic (exact) mass is 211 g/mol. The van der Waals surface area contributed by atoms with Crippen molar-refractivity contribution in [2.24, 2.45) is 11.7 Å². The van der Waals surface area contributed by atoms with E-state index >= 15 is 0 Å². The number of aliphatic hydroxyl groups is 1. The summed E-state index contributed by atoms with van der Waals surface area (Å²) in [6, 6.07) is 0. The molecule has 88 valence electrons. The first kappa shape index (κ1) is 14.2. The quantitative estimate of drug-likeness (QED) is 0.521. The van der Waals surface area contributed by atoms with Gasteiger partial charge in [0.1, 0.15) is 5.76 Å². The molecule has 0 aliphatic heterocycles. The van der Waals surface area contributed by atoms with Crippen molar-refractivity contribution in [3.8, 4) is 0 Å². The first-order valence-corrected chi connectivity index (χ1v) is 5.82. The molecule has 0 rings (SSSR count). The summed E-state index contributed by atoms with van der Waals surface area (Å²) in [5, 5.41) is 9.57. The van der Waals surface area contributed by atoms with E-state index in [1.807, 2.05) is 19.1 Å². The van der Waals surface area contributed by atoms with Gasteiger partial charge in [0.25, 0.3) is 0 Å². The van der Waals surface area contributed by atoms with Gasteiger partial charge in [0.15, 0.2) is 0 Å². The lowest BCUT2D eigenvalue weighted by atomic mass is 9.80. The molecule has 2 heteroatoms. The topological polar surface area (TPSA) is 46.2 Å². The maximum absolute atomic E-state index is 9.57. The van der Waals surface area contributed by atoms with Crippen LogP contribution in [0, 0.1) is 5.92 Å². The fourth-order valence-corrected chi connectivity index (χ4v) is 1.84. The summed E-state index contributed by atoms with van der Waals surface area (Å²) in [5.74, 6) is 0.503. The van der Waals surface area contributed by atoms with Crippen LogP contribution in [0.1, 0.15) is 47.0 Å². The maximum Gasteiger partial charge on any atom is 0.111 e. The van der Waals surface area contributed by atoms with Crippen molar-refractivity contribution < 1.29 is 5.11 Å². The van der Waals surface area contributed by atoms with E-state index < -0.39 is 0 Å². The minimum atomic E-state index is -0.190. The van der Waals surface area contributed by atoms with E-state index in [2.05, 4.69) is 20.8 Å². The first-order chi connectivity index (χ1) is 7.00. The molecule has 0 radical (unpaired) electrons. The molecule has 0 saturated heterocycles. The van der Waals surface area contributed by atoms with Crippen LogP contribution in [-0.2, 0) is 0 Å². The maximum atomic E-state index is 9.57. The molecule has 0 saturated carbocycles. The highest BCUT2D eigenvalue weighted by molar-refractivity contribution is 5.13. The molecule has 0 bridgehead atoms. The number of hydrogen-bond donors (Lipinski definition) is 2. The summed E-state index contributed by atoms with van der Waals surface area (Å²) >= 11 is 0. The average molecular weight is 211 g/mol. The number of aliphatic hydroxyl groups excluding tert-OH is 1. The Labute approximate surface area is 93.9 Å². The molecule has 0 aliphatic carbocycles. The van der Waals surface area contributed by atoms with Crippen LogP contribution in [0.4, 0.5) is 0 Å². The second-order valence-electron chi connectivity index (χ2n) is 4.22. The number of allylic oxidation sites excluding steroid dienone is 2. The largest absolute Gasteiger partial charge is 0.508 e. The molecule has 0 heterocycles. The molecule has 2 atom stereocenters. The minimum Gasteiger partial charge on any atom is -0.508 e. The third-order valence-corrected chi connectivity index (χ3v) is 3.04.